The smallest absolute Gasteiger partial charge is 0.376 e. The van der Waals surface area contributed by atoms with Gasteiger partial charge < -0.3 is 14.9 Å². The number of benzene rings is 2. The number of aliphatic carboxylic acids is 1. The Morgan fingerprint density at radius 2 is 1.66 bits per heavy atom. The van der Waals surface area contributed by atoms with Crippen LogP contribution in [0.4, 0.5) is 11.5 Å². The summed E-state index contributed by atoms with van der Waals surface area (Å²) in [5.41, 5.74) is 5.16. The molecule has 2 aromatic carbocycles. The van der Waals surface area contributed by atoms with Gasteiger partial charge in [-0.15, -0.1) is 4.68 Å². The summed E-state index contributed by atoms with van der Waals surface area (Å²) in [6, 6.07) is 20.4. The van der Waals surface area contributed by atoms with Crippen LogP contribution in [0.15, 0.2) is 70.9 Å². The van der Waals surface area contributed by atoms with Gasteiger partial charge in [-0.3, -0.25) is 0 Å². The number of para-hydroxylation sites is 2. The Kier molecular flexibility index (Phi) is 5.87. The van der Waals surface area contributed by atoms with E-state index >= 15 is 0 Å². The molecule has 4 aromatic rings. The molecule has 0 atom stereocenters. The van der Waals surface area contributed by atoms with Crippen molar-refractivity contribution >= 4 is 28.4 Å². The number of carbonyl (C=O) groups excluding carboxylic acids is 1. The molecule has 0 bridgehead atoms. The molecule has 7 heteroatoms. The molecule has 4 rings (SSSR count). The zero-order chi connectivity index (χ0) is 21.0. The van der Waals surface area contributed by atoms with E-state index in [0.717, 1.165) is 46.4 Å². The minimum absolute atomic E-state index is 0.802. The van der Waals surface area contributed by atoms with Crippen LogP contribution in [-0.2, 0) is 11.8 Å². The van der Waals surface area contributed by atoms with Crippen molar-refractivity contribution in [3.05, 3.63) is 72.1 Å². The summed E-state index contributed by atoms with van der Waals surface area (Å²) < 4.78 is 4.13. The number of nitrogens with zero attached hydrogens (tertiary/aromatic N) is 4. The van der Waals surface area contributed by atoms with Crippen molar-refractivity contribution in [1.29, 1.82) is 0 Å². The molecule has 0 amide bonds. The van der Waals surface area contributed by atoms with Crippen molar-refractivity contribution in [2.24, 2.45) is 17.3 Å². The maximum absolute atomic E-state index is 8.89. The summed E-state index contributed by atoms with van der Waals surface area (Å²) in [5, 5.41) is 19.1. The largest absolute Gasteiger partial charge is 0.550 e. The van der Waals surface area contributed by atoms with Gasteiger partial charge in [-0.2, -0.15) is 0 Å². The summed E-state index contributed by atoms with van der Waals surface area (Å²) >= 11 is 0. The molecule has 0 aliphatic carbocycles. The molecule has 2 heterocycles. The number of aromatic amines is 1. The van der Waals surface area contributed by atoms with Gasteiger partial charge in [-0.05, 0) is 44.1 Å². The van der Waals surface area contributed by atoms with Gasteiger partial charge in [0, 0.05) is 29.6 Å². The lowest BCUT2D eigenvalue weighted by atomic mass is 10.2. The van der Waals surface area contributed by atoms with E-state index in [1.165, 1.54) is 0 Å². The third-order valence-electron chi connectivity index (χ3n) is 4.48. The molecule has 0 saturated heterocycles. The van der Waals surface area contributed by atoms with Gasteiger partial charge in [0.15, 0.2) is 5.69 Å². The molecule has 0 aliphatic rings. The molecular weight excluding hydrogens is 366 g/mol. The van der Waals surface area contributed by atoms with Gasteiger partial charge in [0.05, 0.1) is 16.9 Å². The minimum atomic E-state index is -1.08. The second-order valence-electron chi connectivity index (χ2n) is 6.65. The number of H-pyrrole nitrogens is 1. The summed E-state index contributed by atoms with van der Waals surface area (Å²) in [7, 11) is 2.03. The number of aryl methyl sites for hydroxylation is 2. The number of aromatic nitrogens is 3. The topological polar surface area (TPSA) is 89.4 Å². The van der Waals surface area contributed by atoms with Gasteiger partial charge in [-0.1, -0.05) is 36.4 Å². The number of hydrogen-bond acceptors (Lipinski definition) is 4. The van der Waals surface area contributed by atoms with Gasteiger partial charge in [0.2, 0.25) is 0 Å². The first-order valence-corrected chi connectivity index (χ1v) is 9.19. The van der Waals surface area contributed by atoms with E-state index in [9.17, 15) is 0 Å². The third-order valence-corrected chi connectivity index (χ3v) is 4.48. The first kappa shape index (κ1) is 20.0. The Bertz CT molecular complexity index is 1170. The first-order valence-electron chi connectivity index (χ1n) is 9.19. The molecule has 0 unspecified atom stereocenters. The number of carboxylic acid groups (broad SMARTS) is 1. The van der Waals surface area contributed by atoms with Crippen LogP contribution >= 0.6 is 0 Å². The van der Waals surface area contributed by atoms with E-state index in [-0.39, 0.29) is 0 Å². The first-order chi connectivity index (χ1) is 13.9. The zero-order valence-corrected chi connectivity index (χ0v) is 16.9. The van der Waals surface area contributed by atoms with Gasteiger partial charge in [0.1, 0.15) is 5.69 Å². The summed E-state index contributed by atoms with van der Waals surface area (Å²) in [4.78, 5) is 12.2. The number of carboxylic acids is 1. The Labute approximate surface area is 168 Å². The fourth-order valence-corrected chi connectivity index (χ4v) is 3.09. The van der Waals surface area contributed by atoms with Crippen LogP contribution in [0.2, 0.25) is 0 Å². The highest BCUT2D eigenvalue weighted by molar-refractivity contribution is 5.92. The zero-order valence-electron chi connectivity index (χ0n) is 16.9. The molecule has 2 aromatic heterocycles. The van der Waals surface area contributed by atoms with Crippen molar-refractivity contribution in [3.8, 4) is 5.69 Å². The fourth-order valence-electron chi connectivity index (χ4n) is 3.09. The van der Waals surface area contributed by atoms with Crippen molar-refractivity contribution in [2.75, 3.05) is 0 Å². The number of nitrogens with one attached hydrogen (secondary N) is 1. The molecule has 29 heavy (non-hydrogen) atoms. The van der Waals surface area contributed by atoms with Crippen LogP contribution in [-0.4, -0.2) is 15.6 Å². The van der Waals surface area contributed by atoms with Crippen molar-refractivity contribution in [1.82, 2.24) is 9.67 Å². The van der Waals surface area contributed by atoms with Crippen LogP contribution in [0.5, 0.6) is 0 Å². The highest BCUT2D eigenvalue weighted by Gasteiger charge is 2.20. The normalized spacial score (nSPS) is 10.9. The molecule has 0 spiro atoms. The number of rotatable bonds is 3. The maximum Gasteiger partial charge on any atom is 0.376 e. The molecule has 0 fully saturated rings. The van der Waals surface area contributed by atoms with Crippen LogP contribution in [0, 0.1) is 13.8 Å². The lowest BCUT2D eigenvalue weighted by molar-refractivity contribution is -0.670. The maximum atomic E-state index is 8.89. The van der Waals surface area contributed by atoms with E-state index in [1.54, 1.807) is 0 Å². The molecule has 0 radical (unpaired) electrons. The summed E-state index contributed by atoms with van der Waals surface area (Å²) in [6.45, 7) is 5.06. The fraction of sp³-hybridized carbons (Fsp3) is 0.182. The number of carbonyl (C=O) groups is 1. The Hall–Kier alpha value is -3.74. The number of hydrogen-bond donors (Lipinski definition) is 1. The lowest BCUT2D eigenvalue weighted by Crippen LogP contribution is -2.39. The number of fused-ring (bicyclic) bond motifs is 1. The molecular formula is C22H23N5O2. The van der Waals surface area contributed by atoms with E-state index in [0.29, 0.717) is 0 Å². The van der Waals surface area contributed by atoms with Crippen LogP contribution in [0.25, 0.3) is 16.6 Å². The van der Waals surface area contributed by atoms with Crippen LogP contribution in [0.3, 0.4) is 0 Å². The molecule has 1 N–H and O–H groups in total. The van der Waals surface area contributed by atoms with Gasteiger partial charge in [-0.25, -0.2) is 4.68 Å². The predicted molar refractivity (Wildman–Crippen MR) is 110 cm³/mol. The van der Waals surface area contributed by atoms with Crippen molar-refractivity contribution in [2.45, 2.75) is 20.8 Å². The Morgan fingerprint density at radius 1 is 1.03 bits per heavy atom. The SMILES string of the molecule is CC(=O)[O-].Cc1[nH]c2ccccc2c1N=Nc1cc(C)n(C)[n+]1-c1ccccc1. The monoisotopic (exact) mass is 389 g/mol. The quantitative estimate of drug-likeness (QED) is 0.429. The second-order valence-corrected chi connectivity index (χ2v) is 6.65. The summed E-state index contributed by atoms with van der Waals surface area (Å²) in [6.07, 6.45) is 0. The van der Waals surface area contributed by atoms with E-state index in [4.69, 9.17) is 9.90 Å². The molecule has 0 saturated carbocycles. The lowest BCUT2D eigenvalue weighted by Gasteiger charge is -2.02. The molecule has 7 nitrogen and oxygen atoms in total. The minimum Gasteiger partial charge on any atom is -0.550 e. The second kappa shape index (κ2) is 8.52. The van der Waals surface area contributed by atoms with E-state index in [1.807, 2.05) is 50.4 Å². The van der Waals surface area contributed by atoms with Crippen molar-refractivity contribution in [3.63, 3.8) is 0 Å². The number of azo groups is 1. The van der Waals surface area contributed by atoms with E-state index in [2.05, 4.69) is 55.8 Å². The molecule has 0 aliphatic heterocycles. The van der Waals surface area contributed by atoms with Crippen molar-refractivity contribution < 1.29 is 14.6 Å². The highest BCUT2D eigenvalue weighted by atomic mass is 16.4. The predicted octanol–water partition coefficient (Wildman–Crippen LogP) is 3.57. The standard InChI is InChI=1S/C20H19N5.C2H4O2/c1-14-13-19(25(24(14)3)16-9-5-4-6-10-16)22-23-20-15(2)21-18-12-8-7-11-17(18)20;1-2(3)4/h4-13H,1-3H3;1H3,(H,3,4). The molecule has 148 valence electrons. The Morgan fingerprint density at radius 3 is 2.34 bits per heavy atom. The Balaban J connectivity index is 0.000000552. The van der Waals surface area contributed by atoms with Gasteiger partial charge >= 0.3 is 5.82 Å². The third kappa shape index (κ3) is 4.40. The van der Waals surface area contributed by atoms with E-state index < -0.39 is 5.97 Å². The highest BCUT2D eigenvalue weighted by Crippen LogP contribution is 2.31. The van der Waals surface area contributed by atoms with Crippen LogP contribution < -0.4 is 9.79 Å². The van der Waals surface area contributed by atoms with Crippen LogP contribution in [0.1, 0.15) is 18.3 Å². The average molecular weight is 389 g/mol. The van der Waals surface area contributed by atoms with Gasteiger partial charge in [0.25, 0.3) is 0 Å². The average Bonchev–Trinajstić information content (AvgIpc) is 3.15. The summed E-state index contributed by atoms with van der Waals surface area (Å²) in [5.74, 6) is -0.282.